The van der Waals surface area contributed by atoms with Gasteiger partial charge in [0.25, 0.3) is 0 Å². The molecule has 1 aliphatic rings. The van der Waals surface area contributed by atoms with Crippen LogP contribution in [-0.2, 0) is 0 Å². The Balaban J connectivity index is 2.07. The highest BCUT2D eigenvalue weighted by atomic mass is 79.9. The average Bonchev–Trinajstić information content (AvgIpc) is 2.92. The Morgan fingerprint density at radius 3 is 2.60 bits per heavy atom. The fraction of sp³-hybridized carbons (Fsp3) is 0.538. The van der Waals surface area contributed by atoms with Crippen molar-refractivity contribution in [2.45, 2.75) is 39.7 Å². The minimum Gasteiger partial charge on any atom is -0.382 e. The van der Waals surface area contributed by atoms with Crippen molar-refractivity contribution >= 4 is 21.6 Å². The van der Waals surface area contributed by atoms with Crippen LogP contribution in [0.1, 0.15) is 32.3 Å². The van der Waals surface area contributed by atoms with E-state index < -0.39 is 0 Å². The van der Waals surface area contributed by atoms with E-state index in [9.17, 15) is 0 Å². The summed E-state index contributed by atoms with van der Waals surface area (Å²) in [6.07, 6.45) is 2.71. The zero-order valence-corrected chi connectivity index (χ0v) is 11.2. The quantitative estimate of drug-likeness (QED) is 0.858. The minimum atomic E-state index is 0.525. The summed E-state index contributed by atoms with van der Waals surface area (Å²) in [4.78, 5) is 0. The number of halogens is 1. The van der Waals surface area contributed by atoms with Crippen molar-refractivity contribution in [3.8, 4) is 0 Å². The summed E-state index contributed by atoms with van der Waals surface area (Å²) < 4.78 is 1.18. The van der Waals surface area contributed by atoms with E-state index in [4.69, 9.17) is 0 Å². The van der Waals surface area contributed by atoms with Gasteiger partial charge in [0, 0.05) is 16.2 Å². The standard InChI is InChI=1S/C13H18BrN/c1-9-4-5-11(8-12(9)14)15-10(2)13(3)6-7-13/h4-5,8,10,15H,6-7H2,1-3H3. The first kappa shape index (κ1) is 11.0. The fourth-order valence-corrected chi connectivity index (χ4v) is 2.12. The Morgan fingerprint density at radius 1 is 1.40 bits per heavy atom. The lowest BCUT2D eigenvalue weighted by molar-refractivity contribution is 0.493. The highest BCUT2D eigenvalue weighted by Gasteiger charge is 2.42. The molecule has 2 heteroatoms. The number of aryl methyl sites for hydroxylation is 1. The SMILES string of the molecule is Cc1ccc(NC(C)C2(C)CC2)cc1Br. The molecule has 0 spiro atoms. The molecule has 1 atom stereocenters. The van der Waals surface area contributed by atoms with Gasteiger partial charge in [0.05, 0.1) is 0 Å². The normalized spacial score (nSPS) is 19.7. The second kappa shape index (κ2) is 3.82. The van der Waals surface area contributed by atoms with Crippen LogP contribution < -0.4 is 5.32 Å². The first-order valence-corrected chi connectivity index (χ1v) is 6.33. The second-order valence-corrected chi connectivity index (χ2v) is 5.84. The molecule has 15 heavy (non-hydrogen) atoms. The molecule has 0 bridgehead atoms. The van der Waals surface area contributed by atoms with Crippen molar-refractivity contribution in [2.75, 3.05) is 5.32 Å². The summed E-state index contributed by atoms with van der Waals surface area (Å²) in [7, 11) is 0. The van der Waals surface area contributed by atoms with Crippen molar-refractivity contribution in [1.82, 2.24) is 0 Å². The van der Waals surface area contributed by atoms with Crippen LogP contribution in [0.2, 0.25) is 0 Å². The molecule has 0 amide bonds. The molecule has 0 aliphatic heterocycles. The van der Waals surface area contributed by atoms with Gasteiger partial charge in [-0.05, 0) is 49.8 Å². The van der Waals surface area contributed by atoms with E-state index in [-0.39, 0.29) is 0 Å². The molecule has 0 aromatic heterocycles. The van der Waals surface area contributed by atoms with Crippen LogP contribution in [0.25, 0.3) is 0 Å². The van der Waals surface area contributed by atoms with Crippen molar-refractivity contribution in [3.63, 3.8) is 0 Å². The van der Waals surface area contributed by atoms with E-state index in [0.717, 1.165) is 0 Å². The molecule has 1 nitrogen and oxygen atoms in total. The van der Waals surface area contributed by atoms with Gasteiger partial charge in [-0.1, -0.05) is 28.9 Å². The molecular formula is C13H18BrN. The summed E-state index contributed by atoms with van der Waals surface area (Å²) >= 11 is 3.56. The predicted molar refractivity (Wildman–Crippen MR) is 69.3 cm³/mol. The number of anilines is 1. The zero-order valence-electron chi connectivity index (χ0n) is 9.60. The molecular weight excluding hydrogens is 250 g/mol. The van der Waals surface area contributed by atoms with Crippen molar-refractivity contribution < 1.29 is 0 Å². The maximum Gasteiger partial charge on any atom is 0.0353 e. The topological polar surface area (TPSA) is 12.0 Å². The van der Waals surface area contributed by atoms with Crippen LogP contribution >= 0.6 is 15.9 Å². The molecule has 1 aromatic carbocycles. The van der Waals surface area contributed by atoms with Gasteiger partial charge in [-0.25, -0.2) is 0 Å². The van der Waals surface area contributed by atoms with E-state index in [0.29, 0.717) is 11.5 Å². The van der Waals surface area contributed by atoms with Gasteiger partial charge in [0.15, 0.2) is 0 Å². The predicted octanol–water partition coefficient (Wildman–Crippen LogP) is 4.36. The first-order chi connectivity index (χ1) is 7.01. The third-order valence-corrected chi connectivity index (χ3v) is 4.49. The van der Waals surface area contributed by atoms with Crippen molar-refractivity contribution in [1.29, 1.82) is 0 Å². The maximum absolute atomic E-state index is 3.58. The van der Waals surface area contributed by atoms with Gasteiger partial charge < -0.3 is 5.32 Å². The molecule has 1 aromatic rings. The number of hydrogen-bond acceptors (Lipinski definition) is 1. The number of hydrogen-bond donors (Lipinski definition) is 1. The van der Waals surface area contributed by atoms with Gasteiger partial charge >= 0.3 is 0 Å². The van der Waals surface area contributed by atoms with Gasteiger partial charge in [0.2, 0.25) is 0 Å². The van der Waals surface area contributed by atoms with Crippen LogP contribution in [0.5, 0.6) is 0 Å². The Morgan fingerprint density at radius 2 is 2.07 bits per heavy atom. The van der Waals surface area contributed by atoms with Crippen LogP contribution in [0.4, 0.5) is 5.69 Å². The largest absolute Gasteiger partial charge is 0.382 e. The Bertz CT molecular complexity index is 369. The molecule has 0 radical (unpaired) electrons. The molecule has 1 unspecified atom stereocenters. The van der Waals surface area contributed by atoms with Gasteiger partial charge in [-0.3, -0.25) is 0 Å². The van der Waals surface area contributed by atoms with E-state index in [1.807, 2.05) is 0 Å². The van der Waals surface area contributed by atoms with E-state index in [1.165, 1.54) is 28.6 Å². The lowest BCUT2D eigenvalue weighted by atomic mass is 10.0. The smallest absolute Gasteiger partial charge is 0.0353 e. The van der Waals surface area contributed by atoms with E-state index in [1.54, 1.807) is 0 Å². The highest BCUT2D eigenvalue weighted by molar-refractivity contribution is 9.10. The van der Waals surface area contributed by atoms with Crippen LogP contribution in [0, 0.1) is 12.3 Å². The average molecular weight is 268 g/mol. The molecule has 1 aliphatic carbocycles. The lowest BCUT2D eigenvalue weighted by Gasteiger charge is -2.21. The van der Waals surface area contributed by atoms with Crippen LogP contribution in [-0.4, -0.2) is 6.04 Å². The highest BCUT2D eigenvalue weighted by Crippen LogP contribution is 2.48. The van der Waals surface area contributed by atoms with E-state index in [2.05, 4.69) is 60.2 Å². The molecule has 1 fully saturated rings. The van der Waals surface area contributed by atoms with Crippen LogP contribution in [0.15, 0.2) is 22.7 Å². The van der Waals surface area contributed by atoms with Crippen molar-refractivity contribution in [3.05, 3.63) is 28.2 Å². The summed E-state index contributed by atoms with van der Waals surface area (Å²) in [5, 5.41) is 3.58. The third-order valence-electron chi connectivity index (χ3n) is 3.64. The monoisotopic (exact) mass is 267 g/mol. The Labute approximate surface area is 100 Å². The van der Waals surface area contributed by atoms with Crippen LogP contribution in [0.3, 0.4) is 0 Å². The second-order valence-electron chi connectivity index (χ2n) is 4.98. The molecule has 1 saturated carbocycles. The Kier molecular flexibility index (Phi) is 2.80. The summed E-state index contributed by atoms with van der Waals surface area (Å²) in [6, 6.07) is 7.03. The lowest BCUT2D eigenvalue weighted by Crippen LogP contribution is -2.24. The first-order valence-electron chi connectivity index (χ1n) is 5.54. The Hall–Kier alpha value is -0.500. The third kappa shape index (κ3) is 2.36. The molecule has 2 rings (SSSR count). The zero-order chi connectivity index (χ0) is 11.1. The van der Waals surface area contributed by atoms with Gasteiger partial charge in [-0.15, -0.1) is 0 Å². The van der Waals surface area contributed by atoms with E-state index >= 15 is 0 Å². The van der Waals surface area contributed by atoms with Gasteiger partial charge in [-0.2, -0.15) is 0 Å². The molecule has 0 heterocycles. The maximum atomic E-state index is 3.58. The minimum absolute atomic E-state index is 0.525. The van der Waals surface area contributed by atoms with Crippen molar-refractivity contribution in [2.24, 2.45) is 5.41 Å². The summed E-state index contributed by atoms with van der Waals surface area (Å²) in [5.41, 5.74) is 3.02. The molecule has 82 valence electrons. The number of nitrogens with one attached hydrogen (secondary N) is 1. The van der Waals surface area contributed by atoms with Gasteiger partial charge in [0.1, 0.15) is 0 Å². The number of rotatable bonds is 3. The molecule has 0 saturated heterocycles. The fourth-order valence-electron chi connectivity index (χ4n) is 1.74. The summed E-state index contributed by atoms with van der Waals surface area (Å²) in [5.74, 6) is 0. The number of benzene rings is 1. The molecule has 1 N–H and O–H groups in total. The summed E-state index contributed by atoms with van der Waals surface area (Å²) in [6.45, 7) is 6.74.